The van der Waals surface area contributed by atoms with E-state index < -0.39 is 0 Å². The summed E-state index contributed by atoms with van der Waals surface area (Å²) in [6.45, 7) is 2.72. The summed E-state index contributed by atoms with van der Waals surface area (Å²) >= 11 is 0. The Balaban J connectivity index is 1.69. The number of aromatic nitrogens is 1. The van der Waals surface area contributed by atoms with Gasteiger partial charge in [0, 0.05) is 18.9 Å². The van der Waals surface area contributed by atoms with Crippen molar-refractivity contribution in [2.24, 2.45) is 0 Å². The molecule has 0 bridgehead atoms. The molecule has 0 saturated carbocycles. The van der Waals surface area contributed by atoms with E-state index in [0.29, 0.717) is 12.1 Å². The molecule has 0 spiro atoms. The minimum Gasteiger partial charge on any atom is -0.472 e. The maximum Gasteiger partial charge on any atom is 0.254 e. The summed E-state index contributed by atoms with van der Waals surface area (Å²) in [7, 11) is 0. The molecular formula is C17H21N3O2. The molecule has 22 heavy (non-hydrogen) atoms. The zero-order valence-electron chi connectivity index (χ0n) is 12.6. The predicted octanol–water partition coefficient (Wildman–Crippen LogP) is 2.63. The van der Waals surface area contributed by atoms with Gasteiger partial charge in [0.1, 0.15) is 6.26 Å². The number of nitrogens with zero attached hydrogens (tertiary/aromatic N) is 2. The Kier molecular flexibility index (Phi) is 4.85. The highest BCUT2D eigenvalue weighted by Crippen LogP contribution is 2.23. The Bertz CT molecular complexity index is 577. The van der Waals surface area contributed by atoms with Crippen LogP contribution >= 0.6 is 0 Å². The molecule has 1 N–H and O–H groups in total. The first-order valence-electron chi connectivity index (χ1n) is 7.79. The third-order valence-electron chi connectivity index (χ3n) is 4.14. The minimum atomic E-state index is -0.0975. The number of carbonyl (C=O) groups is 1. The summed E-state index contributed by atoms with van der Waals surface area (Å²) < 4.78 is 4.96. The molecule has 5 heteroatoms. The van der Waals surface area contributed by atoms with Crippen LogP contribution in [0, 0.1) is 0 Å². The van der Waals surface area contributed by atoms with E-state index in [9.17, 15) is 4.79 Å². The normalized spacial score (nSPS) is 17.1. The molecule has 1 saturated heterocycles. The first-order valence-corrected chi connectivity index (χ1v) is 7.79. The van der Waals surface area contributed by atoms with E-state index in [1.54, 1.807) is 12.3 Å². The number of hydrogen-bond acceptors (Lipinski definition) is 4. The van der Waals surface area contributed by atoms with E-state index in [1.165, 1.54) is 31.8 Å². The first-order chi connectivity index (χ1) is 10.8. The number of piperidine rings is 1. The van der Waals surface area contributed by atoms with Crippen molar-refractivity contribution >= 4 is 5.91 Å². The monoisotopic (exact) mass is 299 g/mol. The molecule has 0 unspecified atom stereocenters. The molecule has 1 atom stereocenters. The number of hydrogen-bond donors (Lipinski definition) is 1. The Morgan fingerprint density at radius 1 is 1.32 bits per heavy atom. The first kappa shape index (κ1) is 14.8. The zero-order chi connectivity index (χ0) is 15.2. The Morgan fingerprint density at radius 3 is 2.86 bits per heavy atom. The fourth-order valence-corrected chi connectivity index (χ4v) is 2.95. The van der Waals surface area contributed by atoms with Crippen LogP contribution in [0.1, 0.15) is 41.2 Å². The van der Waals surface area contributed by atoms with Gasteiger partial charge in [0.25, 0.3) is 5.91 Å². The maximum atomic E-state index is 12.1. The van der Waals surface area contributed by atoms with Gasteiger partial charge in [0.15, 0.2) is 0 Å². The van der Waals surface area contributed by atoms with Crippen molar-refractivity contribution in [1.29, 1.82) is 0 Å². The lowest BCUT2D eigenvalue weighted by Gasteiger charge is -2.34. The van der Waals surface area contributed by atoms with Crippen molar-refractivity contribution in [3.8, 4) is 0 Å². The molecular weight excluding hydrogens is 278 g/mol. The van der Waals surface area contributed by atoms with Crippen molar-refractivity contribution in [1.82, 2.24) is 15.2 Å². The minimum absolute atomic E-state index is 0.0975. The van der Waals surface area contributed by atoms with Crippen LogP contribution in [0.4, 0.5) is 0 Å². The number of furan rings is 1. The van der Waals surface area contributed by atoms with Gasteiger partial charge in [-0.3, -0.25) is 14.7 Å². The van der Waals surface area contributed by atoms with Gasteiger partial charge in [0.05, 0.1) is 17.9 Å². The van der Waals surface area contributed by atoms with E-state index in [-0.39, 0.29) is 11.9 Å². The summed E-state index contributed by atoms with van der Waals surface area (Å²) in [6.07, 6.45) is 10.4. The van der Waals surface area contributed by atoms with Gasteiger partial charge in [-0.15, -0.1) is 0 Å². The number of amides is 1. The van der Waals surface area contributed by atoms with Crippen molar-refractivity contribution < 1.29 is 9.21 Å². The van der Waals surface area contributed by atoms with Gasteiger partial charge in [-0.25, -0.2) is 0 Å². The van der Waals surface area contributed by atoms with Gasteiger partial charge >= 0.3 is 0 Å². The second-order valence-electron chi connectivity index (χ2n) is 5.62. The van der Waals surface area contributed by atoms with E-state index in [2.05, 4.69) is 21.3 Å². The van der Waals surface area contributed by atoms with Crippen molar-refractivity contribution in [2.45, 2.75) is 25.3 Å². The number of carbonyl (C=O) groups excluding carboxylic acids is 1. The molecule has 3 rings (SSSR count). The Labute approximate surface area is 130 Å². The van der Waals surface area contributed by atoms with Crippen LogP contribution in [-0.2, 0) is 0 Å². The van der Waals surface area contributed by atoms with Gasteiger partial charge in [-0.05, 0) is 43.6 Å². The Hall–Kier alpha value is -2.14. The third-order valence-corrected chi connectivity index (χ3v) is 4.14. The lowest BCUT2D eigenvalue weighted by molar-refractivity contribution is 0.0923. The SMILES string of the molecule is O=C(NC[C@H](c1cccnc1)N1CCCCC1)c1ccoc1. The quantitative estimate of drug-likeness (QED) is 0.922. The second-order valence-corrected chi connectivity index (χ2v) is 5.62. The second kappa shape index (κ2) is 7.22. The summed E-state index contributed by atoms with van der Waals surface area (Å²) in [5.41, 5.74) is 1.71. The van der Waals surface area contributed by atoms with Crippen LogP contribution < -0.4 is 5.32 Å². The largest absolute Gasteiger partial charge is 0.472 e. The molecule has 5 nitrogen and oxygen atoms in total. The topological polar surface area (TPSA) is 58.4 Å². The van der Waals surface area contributed by atoms with E-state index >= 15 is 0 Å². The highest BCUT2D eigenvalue weighted by molar-refractivity contribution is 5.93. The fraction of sp³-hybridized carbons (Fsp3) is 0.412. The number of rotatable bonds is 5. The lowest BCUT2D eigenvalue weighted by Crippen LogP contribution is -2.40. The molecule has 2 aromatic heterocycles. The highest BCUT2D eigenvalue weighted by atomic mass is 16.3. The standard InChI is InChI=1S/C17H21N3O2/c21-17(15-6-10-22-13-15)19-12-16(14-5-4-7-18-11-14)20-8-2-1-3-9-20/h4-7,10-11,13,16H,1-3,8-9,12H2,(H,19,21)/t16-/m1/s1. The smallest absolute Gasteiger partial charge is 0.254 e. The van der Waals surface area contributed by atoms with E-state index in [4.69, 9.17) is 4.42 Å². The number of pyridine rings is 1. The van der Waals surface area contributed by atoms with Crippen LogP contribution in [0.15, 0.2) is 47.5 Å². The highest BCUT2D eigenvalue weighted by Gasteiger charge is 2.23. The Morgan fingerprint density at radius 2 is 2.18 bits per heavy atom. The zero-order valence-corrected chi connectivity index (χ0v) is 12.6. The van der Waals surface area contributed by atoms with Gasteiger partial charge in [-0.1, -0.05) is 12.5 Å². The van der Waals surface area contributed by atoms with Crippen LogP contribution in [0.25, 0.3) is 0 Å². The molecule has 3 heterocycles. The third kappa shape index (κ3) is 3.54. The average Bonchev–Trinajstić information content (AvgIpc) is 3.11. The molecule has 1 amide bonds. The van der Waals surface area contributed by atoms with Crippen LogP contribution in [0.5, 0.6) is 0 Å². The molecule has 0 aliphatic carbocycles. The summed E-state index contributed by atoms with van der Waals surface area (Å²) in [5, 5.41) is 3.01. The predicted molar refractivity (Wildman–Crippen MR) is 83.4 cm³/mol. The molecule has 116 valence electrons. The molecule has 0 radical (unpaired) electrons. The van der Waals surface area contributed by atoms with Crippen LogP contribution in [0.3, 0.4) is 0 Å². The van der Waals surface area contributed by atoms with Gasteiger partial charge in [-0.2, -0.15) is 0 Å². The van der Waals surface area contributed by atoms with Gasteiger partial charge in [0.2, 0.25) is 0 Å². The lowest BCUT2D eigenvalue weighted by atomic mass is 10.0. The summed E-state index contributed by atoms with van der Waals surface area (Å²) in [6, 6.07) is 5.88. The number of nitrogens with one attached hydrogen (secondary N) is 1. The average molecular weight is 299 g/mol. The maximum absolute atomic E-state index is 12.1. The summed E-state index contributed by atoms with van der Waals surface area (Å²) in [4.78, 5) is 18.8. The molecule has 1 aliphatic heterocycles. The van der Waals surface area contributed by atoms with Crippen LogP contribution in [-0.4, -0.2) is 35.4 Å². The number of likely N-dealkylation sites (tertiary alicyclic amines) is 1. The van der Waals surface area contributed by atoms with Crippen molar-refractivity contribution in [2.75, 3.05) is 19.6 Å². The van der Waals surface area contributed by atoms with Crippen LogP contribution in [0.2, 0.25) is 0 Å². The van der Waals surface area contributed by atoms with Gasteiger partial charge < -0.3 is 9.73 Å². The molecule has 1 fully saturated rings. The van der Waals surface area contributed by atoms with Crippen molar-refractivity contribution in [3.05, 3.63) is 54.2 Å². The van der Waals surface area contributed by atoms with Crippen molar-refractivity contribution in [3.63, 3.8) is 0 Å². The molecule has 1 aliphatic rings. The molecule has 2 aromatic rings. The van der Waals surface area contributed by atoms with E-state index in [0.717, 1.165) is 18.7 Å². The summed E-state index contributed by atoms with van der Waals surface area (Å²) in [5.74, 6) is -0.0975. The van der Waals surface area contributed by atoms with E-state index in [1.807, 2.05) is 12.3 Å². The fourth-order valence-electron chi connectivity index (χ4n) is 2.95. The molecule has 0 aromatic carbocycles.